The summed E-state index contributed by atoms with van der Waals surface area (Å²) in [5, 5.41) is 3.58. The Morgan fingerprint density at radius 2 is 1.83 bits per heavy atom. The molecule has 1 aromatic heterocycles. The van der Waals surface area contributed by atoms with Crippen LogP contribution < -0.4 is 5.32 Å². The summed E-state index contributed by atoms with van der Waals surface area (Å²) in [5.74, 6) is 0.611. The van der Waals surface area contributed by atoms with E-state index >= 15 is 0 Å². The molecule has 0 radical (unpaired) electrons. The molecular formula is C22H24FN3O2S. The lowest BCUT2D eigenvalue weighted by Crippen LogP contribution is -2.26. The lowest BCUT2D eigenvalue weighted by Gasteiger charge is -2.05. The van der Waals surface area contributed by atoms with Crippen molar-refractivity contribution in [1.29, 1.82) is 0 Å². The first-order chi connectivity index (χ1) is 14.1. The van der Waals surface area contributed by atoms with E-state index < -0.39 is 0 Å². The molecular weight excluding hydrogens is 389 g/mol. The molecule has 1 heterocycles. The molecule has 2 N–H and O–H groups in total. The average Bonchev–Trinajstić information content (AvgIpc) is 3.15. The number of nitrogens with one attached hydrogen (secondary N) is 2. The van der Waals surface area contributed by atoms with Gasteiger partial charge in [-0.15, -0.1) is 0 Å². The van der Waals surface area contributed by atoms with Gasteiger partial charge < -0.3 is 15.0 Å². The Morgan fingerprint density at radius 3 is 2.52 bits per heavy atom. The van der Waals surface area contributed by atoms with Crippen LogP contribution in [0.1, 0.15) is 12.0 Å². The molecule has 1 amide bonds. The maximum atomic E-state index is 13.3. The number of carbonyl (C=O) groups excluding carboxylic acids is 1. The molecule has 5 nitrogen and oxygen atoms in total. The number of aryl methyl sites for hydroxylation is 1. The molecule has 0 unspecified atom stereocenters. The van der Waals surface area contributed by atoms with E-state index in [1.165, 1.54) is 29.5 Å². The molecule has 0 aliphatic heterocycles. The van der Waals surface area contributed by atoms with Crippen molar-refractivity contribution in [3.8, 4) is 22.6 Å². The van der Waals surface area contributed by atoms with Crippen molar-refractivity contribution in [3.63, 3.8) is 0 Å². The second-order valence-corrected chi connectivity index (χ2v) is 7.59. The number of benzene rings is 2. The number of methoxy groups -OCH3 is 1. The van der Waals surface area contributed by atoms with E-state index in [0.717, 1.165) is 23.2 Å². The van der Waals surface area contributed by atoms with E-state index in [2.05, 4.69) is 10.3 Å². The molecule has 7 heteroatoms. The molecule has 3 aromatic rings. The van der Waals surface area contributed by atoms with Crippen molar-refractivity contribution in [2.24, 2.45) is 0 Å². The minimum Gasteiger partial charge on any atom is -0.385 e. The van der Waals surface area contributed by atoms with Crippen LogP contribution in [0.25, 0.3) is 22.6 Å². The minimum atomic E-state index is -0.295. The quantitative estimate of drug-likeness (QED) is 0.402. The smallest absolute Gasteiger partial charge is 0.230 e. The molecule has 0 bridgehead atoms. The van der Waals surface area contributed by atoms with Crippen LogP contribution in [-0.4, -0.2) is 41.9 Å². The molecule has 2 aromatic carbocycles. The maximum Gasteiger partial charge on any atom is 0.230 e. The van der Waals surface area contributed by atoms with Crippen molar-refractivity contribution >= 4 is 17.7 Å². The van der Waals surface area contributed by atoms with E-state index in [1.807, 2.05) is 31.2 Å². The van der Waals surface area contributed by atoms with Crippen molar-refractivity contribution in [2.45, 2.75) is 18.4 Å². The number of thioether (sulfide) groups is 1. The van der Waals surface area contributed by atoms with Crippen LogP contribution in [0.3, 0.4) is 0 Å². The summed E-state index contributed by atoms with van der Waals surface area (Å²) in [7, 11) is 1.64. The maximum absolute atomic E-state index is 13.3. The number of aromatic nitrogens is 2. The normalized spacial score (nSPS) is 10.9. The van der Waals surface area contributed by atoms with Gasteiger partial charge in [-0.3, -0.25) is 4.79 Å². The molecule has 0 aliphatic carbocycles. The van der Waals surface area contributed by atoms with E-state index in [1.54, 1.807) is 19.2 Å². The van der Waals surface area contributed by atoms with Crippen LogP contribution in [0.2, 0.25) is 0 Å². The number of hydrogen-bond donors (Lipinski definition) is 2. The highest BCUT2D eigenvalue weighted by molar-refractivity contribution is 8.00. The van der Waals surface area contributed by atoms with Gasteiger partial charge in [-0.2, -0.15) is 0 Å². The van der Waals surface area contributed by atoms with Crippen molar-refractivity contribution < 1.29 is 13.9 Å². The fourth-order valence-corrected chi connectivity index (χ4v) is 3.59. The summed E-state index contributed by atoms with van der Waals surface area (Å²) in [6, 6.07) is 14.3. The third-order valence-corrected chi connectivity index (χ3v) is 5.29. The van der Waals surface area contributed by atoms with E-state index in [9.17, 15) is 9.18 Å². The molecule has 0 saturated carbocycles. The number of nitrogens with zero attached hydrogens (tertiary/aromatic N) is 1. The Bertz CT molecular complexity index is 940. The topological polar surface area (TPSA) is 67.0 Å². The molecule has 0 atom stereocenters. The summed E-state index contributed by atoms with van der Waals surface area (Å²) >= 11 is 1.36. The fraction of sp³-hybridized carbons (Fsp3) is 0.273. The molecule has 3 rings (SSSR count). The van der Waals surface area contributed by atoms with Gasteiger partial charge in [0.15, 0.2) is 0 Å². The van der Waals surface area contributed by atoms with Gasteiger partial charge in [-0.25, -0.2) is 9.37 Å². The third-order valence-electron chi connectivity index (χ3n) is 4.32. The zero-order valence-corrected chi connectivity index (χ0v) is 17.3. The van der Waals surface area contributed by atoms with Crippen LogP contribution in [0, 0.1) is 12.7 Å². The highest BCUT2D eigenvalue weighted by Gasteiger charge is 2.15. The molecule has 152 valence electrons. The van der Waals surface area contributed by atoms with Crippen LogP contribution >= 0.6 is 11.8 Å². The van der Waals surface area contributed by atoms with Crippen molar-refractivity contribution in [3.05, 3.63) is 59.9 Å². The summed E-state index contributed by atoms with van der Waals surface area (Å²) < 4.78 is 18.3. The average molecular weight is 414 g/mol. The van der Waals surface area contributed by atoms with Crippen LogP contribution in [0.15, 0.2) is 53.6 Å². The van der Waals surface area contributed by atoms with E-state index in [4.69, 9.17) is 9.72 Å². The minimum absolute atomic E-state index is 0.0592. The Balaban J connectivity index is 1.79. The van der Waals surface area contributed by atoms with Crippen LogP contribution in [0.5, 0.6) is 0 Å². The number of aromatic amines is 1. The lowest BCUT2D eigenvalue weighted by atomic mass is 10.1. The second kappa shape index (κ2) is 10.2. The summed E-state index contributed by atoms with van der Waals surface area (Å²) in [4.78, 5) is 20.2. The van der Waals surface area contributed by atoms with Gasteiger partial charge in [0.25, 0.3) is 0 Å². The Hall–Kier alpha value is -2.64. The SMILES string of the molecule is COCCCNC(=O)CSc1nc(-c2ccc(C)cc2)[nH]c1-c1ccc(F)cc1. The number of amides is 1. The van der Waals surface area contributed by atoms with Crippen molar-refractivity contribution in [1.82, 2.24) is 15.3 Å². The highest BCUT2D eigenvalue weighted by atomic mass is 32.2. The van der Waals surface area contributed by atoms with Crippen molar-refractivity contribution in [2.75, 3.05) is 26.0 Å². The first-order valence-electron chi connectivity index (χ1n) is 9.38. The van der Waals surface area contributed by atoms with Gasteiger partial charge in [0.1, 0.15) is 16.7 Å². The first-order valence-corrected chi connectivity index (χ1v) is 10.4. The number of imidazole rings is 1. The summed E-state index contributed by atoms with van der Waals surface area (Å²) in [6.07, 6.45) is 0.772. The largest absolute Gasteiger partial charge is 0.385 e. The standard InChI is InChI=1S/C22H24FN3O2S/c1-15-4-6-17(7-5-15)21-25-20(16-8-10-18(23)11-9-16)22(26-21)29-14-19(27)24-12-3-13-28-2/h4-11H,3,12-14H2,1-2H3,(H,24,27)(H,25,26). The van der Waals surface area contributed by atoms with Gasteiger partial charge >= 0.3 is 0 Å². The summed E-state index contributed by atoms with van der Waals surface area (Å²) in [6.45, 7) is 3.22. The van der Waals surface area contributed by atoms with Gasteiger partial charge in [0.2, 0.25) is 5.91 Å². The predicted molar refractivity (Wildman–Crippen MR) is 114 cm³/mol. The fourth-order valence-electron chi connectivity index (χ4n) is 2.75. The Labute approximate surface area is 174 Å². The number of hydrogen-bond acceptors (Lipinski definition) is 4. The lowest BCUT2D eigenvalue weighted by molar-refractivity contribution is -0.118. The first kappa shape index (κ1) is 21.1. The zero-order valence-electron chi connectivity index (χ0n) is 16.5. The van der Waals surface area contributed by atoms with Gasteiger partial charge in [0, 0.05) is 31.4 Å². The number of ether oxygens (including phenoxy) is 1. The molecule has 0 saturated heterocycles. The predicted octanol–water partition coefficient (Wildman–Crippen LogP) is 4.44. The van der Waals surface area contributed by atoms with Gasteiger partial charge in [0.05, 0.1) is 11.4 Å². The highest BCUT2D eigenvalue weighted by Crippen LogP contribution is 2.32. The number of carbonyl (C=O) groups is 1. The molecule has 0 spiro atoms. The van der Waals surface area contributed by atoms with Crippen LogP contribution in [-0.2, 0) is 9.53 Å². The number of rotatable bonds is 9. The Kier molecular flexibility index (Phi) is 7.43. The van der Waals surface area contributed by atoms with Gasteiger partial charge in [-0.05, 0) is 37.6 Å². The van der Waals surface area contributed by atoms with E-state index in [-0.39, 0.29) is 17.5 Å². The summed E-state index contributed by atoms with van der Waals surface area (Å²) in [5.41, 5.74) is 3.71. The number of H-pyrrole nitrogens is 1. The number of halogens is 1. The molecule has 0 fully saturated rings. The zero-order chi connectivity index (χ0) is 20.6. The van der Waals surface area contributed by atoms with E-state index in [0.29, 0.717) is 24.0 Å². The molecule has 0 aliphatic rings. The Morgan fingerprint density at radius 1 is 1.14 bits per heavy atom. The van der Waals surface area contributed by atoms with Gasteiger partial charge in [-0.1, -0.05) is 41.6 Å². The second-order valence-electron chi connectivity index (χ2n) is 6.62. The third kappa shape index (κ3) is 5.92. The van der Waals surface area contributed by atoms with Crippen LogP contribution in [0.4, 0.5) is 4.39 Å². The molecule has 29 heavy (non-hydrogen) atoms. The monoisotopic (exact) mass is 413 g/mol.